The number of esters is 1. The van der Waals surface area contributed by atoms with Crippen molar-refractivity contribution in [1.82, 2.24) is 5.32 Å². The molecule has 0 fully saturated rings. The molecule has 0 heterocycles. The van der Waals surface area contributed by atoms with Crippen LogP contribution in [0.15, 0.2) is 29.2 Å². The molecule has 18 heavy (non-hydrogen) atoms. The van der Waals surface area contributed by atoms with E-state index >= 15 is 0 Å². The Morgan fingerprint density at radius 1 is 1.39 bits per heavy atom. The van der Waals surface area contributed by atoms with Gasteiger partial charge in [-0.15, -0.1) is 11.8 Å². The van der Waals surface area contributed by atoms with Crippen LogP contribution in [-0.2, 0) is 9.53 Å². The smallest absolute Gasteiger partial charge is 0.340 e. The van der Waals surface area contributed by atoms with Gasteiger partial charge >= 0.3 is 5.97 Å². The van der Waals surface area contributed by atoms with Gasteiger partial charge in [-0.1, -0.05) is 12.1 Å². The van der Waals surface area contributed by atoms with E-state index in [-0.39, 0.29) is 5.91 Å². The molecule has 1 rings (SSSR count). The zero-order valence-electron chi connectivity index (χ0n) is 10.7. The molecule has 1 aromatic carbocycles. The van der Waals surface area contributed by atoms with Crippen LogP contribution < -0.4 is 5.32 Å². The largest absolute Gasteiger partial charge is 0.449 e. The van der Waals surface area contributed by atoms with Crippen molar-refractivity contribution in [2.45, 2.75) is 24.8 Å². The van der Waals surface area contributed by atoms with Crippen molar-refractivity contribution in [2.24, 2.45) is 0 Å². The van der Waals surface area contributed by atoms with E-state index in [2.05, 4.69) is 5.32 Å². The second-order valence-corrected chi connectivity index (χ2v) is 4.49. The Bertz CT molecular complexity index is 434. The average molecular weight is 267 g/mol. The minimum Gasteiger partial charge on any atom is -0.449 e. The predicted octanol–water partition coefficient (Wildman–Crippen LogP) is 2.09. The van der Waals surface area contributed by atoms with Gasteiger partial charge < -0.3 is 10.1 Å². The minimum atomic E-state index is -0.785. The molecule has 0 bridgehead atoms. The molecular weight excluding hydrogens is 250 g/mol. The van der Waals surface area contributed by atoms with E-state index in [1.54, 1.807) is 19.1 Å². The van der Waals surface area contributed by atoms with Crippen LogP contribution >= 0.6 is 11.8 Å². The zero-order chi connectivity index (χ0) is 13.5. The minimum absolute atomic E-state index is 0.285. The fourth-order valence-electron chi connectivity index (χ4n) is 1.41. The Labute approximate surface area is 111 Å². The number of hydrogen-bond acceptors (Lipinski definition) is 4. The molecule has 1 aromatic rings. The lowest BCUT2D eigenvalue weighted by Gasteiger charge is -2.13. The van der Waals surface area contributed by atoms with Crippen LogP contribution in [0.25, 0.3) is 0 Å². The summed E-state index contributed by atoms with van der Waals surface area (Å²) in [7, 11) is 0. The summed E-state index contributed by atoms with van der Waals surface area (Å²) in [6.45, 7) is 3.89. The first-order valence-corrected chi connectivity index (χ1v) is 6.94. The molecule has 4 nitrogen and oxygen atoms in total. The lowest BCUT2D eigenvalue weighted by molar-refractivity contribution is -0.128. The van der Waals surface area contributed by atoms with E-state index < -0.39 is 12.1 Å². The summed E-state index contributed by atoms with van der Waals surface area (Å²) in [5.41, 5.74) is 0.487. The fourth-order valence-corrected chi connectivity index (χ4v) is 1.99. The molecule has 1 amide bonds. The van der Waals surface area contributed by atoms with Crippen molar-refractivity contribution in [3.05, 3.63) is 29.8 Å². The SMILES string of the molecule is CCNC(=O)[C@@H](C)OC(=O)c1ccccc1SC. The van der Waals surface area contributed by atoms with Crippen LogP contribution in [0, 0.1) is 0 Å². The van der Waals surface area contributed by atoms with Crippen LogP contribution in [0.2, 0.25) is 0 Å². The third-order valence-corrected chi connectivity index (χ3v) is 3.13. The summed E-state index contributed by atoms with van der Waals surface area (Å²) in [6, 6.07) is 7.17. The van der Waals surface area contributed by atoms with Crippen molar-refractivity contribution in [3.63, 3.8) is 0 Å². The molecule has 1 N–H and O–H groups in total. The molecule has 0 saturated carbocycles. The van der Waals surface area contributed by atoms with E-state index in [1.165, 1.54) is 11.8 Å². The molecule has 0 saturated heterocycles. The van der Waals surface area contributed by atoms with Gasteiger partial charge in [0.1, 0.15) is 0 Å². The maximum Gasteiger partial charge on any atom is 0.340 e. The summed E-state index contributed by atoms with van der Waals surface area (Å²) in [6.07, 6.45) is 1.10. The molecular formula is C13H17NO3S. The highest BCUT2D eigenvalue weighted by atomic mass is 32.2. The molecule has 0 radical (unpaired) electrons. The number of benzene rings is 1. The molecule has 98 valence electrons. The highest BCUT2D eigenvalue weighted by molar-refractivity contribution is 7.98. The lowest BCUT2D eigenvalue weighted by Crippen LogP contribution is -2.35. The highest BCUT2D eigenvalue weighted by Gasteiger charge is 2.19. The summed E-state index contributed by atoms with van der Waals surface area (Å²) in [4.78, 5) is 24.2. The monoisotopic (exact) mass is 267 g/mol. The molecule has 0 unspecified atom stereocenters. The van der Waals surface area contributed by atoms with Gasteiger partial charge in [0, 0.05) is 11.4 Å². The molecule has 0 spiro atoms. The predicted molar refractivity (Wildman–Crippen MR) is 71.8 cm³/mol. The van der Waals surface area contributed by atoms with Gasteiger partial charge in [0.15, 0.2) is 6.10 Å². The van der Waals surface area contributed by atoms with Crippen LogP contribution in [-0.4, -0.2) is 30.8 Å². The Morgan fingerprint density at radius 2 is 2.06 bits per heavy atom. The van der Waals surface area contributed by atoms with E-state index in [4.69, 9.17) is 4.74 Å². The molecule has 1 atom stereocenters. The van der Waals surface area contributed by atoms with Gasteiger partial charge in [-0.25, -0.2) is 4.79 Å². The van der Waals surface area contributed by atoms with Crippen LogP contribution in [0.4, 0.5) is 0 Å². The van der Waals surface area contributed by atoms with Gasteiger partial charge in [-0.3, -0.25) is 4.79 Å². The van der Waals surface area contributed by atoms with Gasteiger partial charge in [0.2, 0.25) is 0 Å². The number of hydrogen-bond donors (Lipinski definition) is 1. The number of amides is 1. The summed E-state index contributed by atoms with van der Waals surface area (Å²) in [5.74, 6) is -0.758. The van der Waals surface area contributed by atoms with E-state index in [9.17, 15) is 9.59 Å². The number of ether oxygens (including phenoxy) is 1. The van der Waals surface area contributed by atoms with E-state index in [0.29, 0.717) is 12.1 Å². The summed E-state index contributed by atoms with van der Waals surface area (Å²) in [5, 5.41) is 2.61. The summed E-state index contributed by atoms with van der Waals surface area (Å²) >= 11 is 1.47. The molecule has 0 aliphatic rings. The third kappa shape index (κ3) is 3.77. The molecule has 5 heteroatoms. The van der Waals surface area contributed by atoms with Gasteiger partial charge in [-0.2, -0.15) is 0 Å². The standard InChI is InChI=1S/C13H17NO3S/c1-4-14-12(15)9(2)17-13(16)10-7-5-6-8-11(10)18-3/h5-9H,4H2,1-3H3,(H,14,15)/t9-/m1/s1. The quantitative estimate of drug-likeness (QED) is 0.655. The van der Waals surface area contributed by atoms with Crippen molar-refractivity contribution in [3.8, 4) is 0 Å². The van der Waals surface area contributed by atoms with Crippen LogP contribution in [0.5, 0.6) is 0 Å². The number of nitrogens with one attached hydrogen (secondary N) is 1. The van der Waals surface area contributed by atoms with E-state index in [0.717, 1.165) is 4.90 Å². The first kappa shape index (κ1) is 14.6. The van der Waals surface area contributed by atoms with Crippen LogP contribution in [0.1, 0.15) is 24.2 Å². The second-order valence-electron chi connectivity index (χ2n) is 3.64. The Morgan fingerprint density at radius 3 is 2.67 bits per heavy atom. The van der Waals surface area contributed by atoms with Crippen molar-refractivity contribution < 1.29 is 14.3 Å². The fraction of sp³-hybridized carbons (Fsp3) is 0.385. The Kier molecular flexibility index (Phi) is 5.71. The summed E-state index contributed by atoms with van der Waals surface area (Å²) < 4.78 is 5.13. The van der Waals surface area contributed by atoms with E-state index in [1.807, 2.05) is 25.3 Å². The maximum atomic E-state index is 11.9. The zero-order valence-corrected chi connectivity index (χ0v) is 11.5. The lowest BCUT2D eigenvalue weighted by atomic mass is 10.2. The average Bonchev–Trinajstić information content (AvgIpc) is 2.38. The number of thioether (sulfide) groups is 1. The van der Waals surface area contributed by atoms with Crippen molar-refractivity contribution in [2.75, 3.05) is 12.8 Å². The number of likely N-dealkylation sites (N-methyl/N-ethyl adjacent to an activating group) is 1. The van der Waals surface area contributed by atoms with Gasteiger partial charge in [0.05, 0.1) is 5.56 Å². The highest BCUT2D eigenvalue weighted by Crippen LogP contribution is 2.20. The molecule has 0 aliphatic carbocycles. The Balaban J connectivity index is 2.73. The molecule has 0 aromatic heterocycles. The van der Waals surface area contributed by atoms with Gasteiger partial charge in [0.25, 0.3) is 5.91 Å². The first-order chi connectivity index (χ1) is 8.60. The second kappa shape index (κ2) is 7.06. The number of carbonyl (C=O) groups excluding carboxylic acids is 2. The maximum absolute atomic E-state index is 11.9. The van der Waals surface area contributed by atoms with Crippen molar-refractivity contribution >= 4 is 23.6 Å². The topological polar surface area (TPSA) is 55.4 Å². The molecule has 0 aliphatic heterocycles. The first-order valence-electron chi connectivity index (χ1n) is 5.71. The van der Waals surface area contributed by atoms with Gasteiger partial charge in [-0.05, 0) is 32.2 Å². The third-order valence-electron chi connectivity index (χ3n) is 2.33. The van der Waals surface area contributed by atoms with Crippen molar-refractivity contribution in [1.29, 1.82) is 0 Å². The number of carbonyl (C=O) groups is 2. The van der Waals surface area contributed by atoms with Crippen LogP contribution in [0.3, 0.4) is 0 Å². The Hall–Kier alpha value is -1.49. The normalized spacial score (nSPS) is 11.7. The number of rotatable bonds is 5.